The van der Waals surface area contributed by atoms with E-state index in [-0.39, 0.29) is 5.57 Å². The van der Waals surface area contributed by atoms with Crippen molar-refractivity contribution in [2.75, 3.05) is 6.61 Å². The van der Waals surface area contributed by atoms with Gasteiger partial charge in [-0.1, -0.05) is 6.08 Å². The van der Waals surface area contributed by atoms with Crippen LogP contribution in [0.4, 0.5) is 0 Å². The average molecular weight is 582 g/mol. The largest absolute Gasteiger partial charge is 0.463 e. The summed E-state index contributed by atoms with van der Waals surface area (Å²) in [5.74, 6) is -4.75. The number of carbonyl (C=O) groups is 6. The van der Waals surface area contributed by atoms with Crippen LogP contribution in [-0.2, 0) is 66.7 Å². The zero-order chi connectivity index (χ0) is 30.9. The number of allylic oxidation sites excluding steroid dienone is 1. The van der Waals surface area contributed by atoms with Gasteiger partial charge in [0.15, 0.2) is 36.8 Å². The van der Waals surface area contributed by atoms with E-state index in [1.54, 1.807) is 0 Å². The maximum atomic E-state index is 12.1. The summed E-state index contributed by atoms with van der Waals surface area (Å²) in [4.78, 5) is 71.4. The summed E-state index contributed by atoms with van der Waals surface area (Å²) >= 11 is 0. The van der Waals surface area contributed by atoms with Crippen LogP contribution >= 0.6 is 0 Å². The summed E-state index contributed by atoms with van der Waals surface area (Å²) in [7, 11) is 0. The quantitative estimate of drug-likeness (QED) is 0.205. The highest BCUT2D eigenvalue weighted by Crippen LogP contribution is 2.34. The van der Waals surface area contributed by atoms with Crippen molar-refractivity contribution in [1.29, 1.82) is 5.26 Å². The number of rotatable bonds is 9. The van der Waals surface area contributed by atoms with E-state index in [0.29, 0.717) is 0 Å². The first kappa shape index (κ1) is 32.9. The van der Waals surface area contributed by atoms with E-state index in [1.165, 1.54) is 12.2 Å². The van der Waals surface area contributed by atoms with Crippen LogP contribution in [0.15, 0.2) is 23.8 Å². The van der Waals surface area contributed by atoms with Gasteiger partial charge in [0, 0.05) is 47.6 Å². The zero-order valence-corrected chi connectivity index (χ0v) is 23.2. The molecule has 0 aromatic carbocycles. The Morgan fingerprint density at radius 1 is 0.756 bits per heavy atom. The predicted octanol–water partition coefficient (Wildman–Crippen LogP) is 0.338. The van der Waals surface area contributed by atoms with Crippen LogP contribution in [0.2, 0.25) is 0 Å². The molecule has 0 aromatic rings. The van der Waals surface area contributed by atoms with Gasteiger partial charge in [-0.2, -0.15) is 5.26 Å². The Labute approximate surface area is 235 Å². The van der Waals surface area contributed by atoms with Crippen LogP contribution in [0.1, 0.15) is 41.5 Å². The molecular formula is C26H31NO14. The summed E-state index contributed by atoms with van der Waals surface area (Å²) < 4.78 is 43.9. The van der Waals surface area contributed by atoms with Crippen LogP contribution in [0.25, 0.3) is 0 Å². The highest BCUT2D eigenvalue weighted by atomic mass is 16.7. The smallest absolute Gasteiger partial charge is 0.303 e. The van der Waals surface area contributed by atoms with E-state index >= 15 is 0 Å². The summed E-state index contributed by atoms with van der Waals surface area (Å²) in [6.07, 6.45) is -7.56. The maximum absolute atomic E-state index is 12.1. The molecular weight excluding hydrogens is 550 g/mol. The van der Waals surface area contributed by atoms with Gasteiger partial charge in [-0.05, 0) is 11.6 Å². The van der Waals surface area contributed by atoms with Gasteiger partial charge in [-0.25, -0.2) is 0 Å². The molecule has 0 N–H and O–H groups in total. The molecule has 8 atom stereocenters. The first-order chi connectivity index (χ1) is 19.2. The van der Waals surface area contributed by atoms with Gasteiger partial charge in [-0.3, -0.25) is 28.8 Å². The van der Waals surface area contributed by atoms with Gasteiger partial charge >= 0.3 is 35.8 Å². The maximum Gasteiger partial charge on any atom is 0.303 e. The lowest BCUT2D eigenvalue weighted by Gasteiger charge is -2.46. The molecule has 2 rings (SSSR count). The molecule has 2 aliphatic rings. The molecule has 0 aromatic heterocycles. The molecule has 0 unspecified atom stereocenters. The van der Waals surface area contributed by atoms with E-state index in [0.717, 1.165) is 47.6 Å². The van der Waals surface area contributed by atoms with Crippen molar-refractivity contribution in [3.8, 4) is 6.07 Å². The Morgan fingerprint density at radius 2 is 1.27 bits per heavy atom. The first-order valence-corrected chi connectivity index (χ1v) is 12.3. The van der Waals surface area contributed by atoms with Crippen LogP contribution in [0.5, 0.6) is 0 Å². The lowest BCUT2D eigenvalue weighted by atomic mass is 9.92. The van der Waals surface area contributed by atoms with Gasteiger partial charge in [0.25, 0.3) is 0 Å². The fourth-order valence-corrected chi connectivity index (χ4v) is 4.19. The molecule has 15 heteroatoms. The molecule has 0 bridgehead atoms. The molecule has 0 radical (unpaired) electrons. The summed E-state index contributed by atoms with van der Waals surface area (Å²) in [6.45, 7) is 6.03. The van der Waals surface area contributed by atoms with Crippen LogP contribution in [0, 0.1) is 11.3 Å². The number of hydrogen-bond acceptors (Lipinski definition) is 15. The van der Waals surface area contributed by atoms with Gasteiger partial charge < -0.3 is 37.9 Å². The predicted molar refractivity (Wildman–Crippen MR) is 131 cm³/mol. The van der Waals surface area contributed by atoms with Crippen LogP contribution in [0.3, 0.4) is 0 Å². The standard InChI is InChI=1S/C26H31NO14/c1-12(28)34-11-20-23(37-15(4)31)24(38-16(5)32)25(39-17(6)33)26(40-20)41-21-18(9-10-27)7-8-19(35-13(2)29)22(21)36-14(3)30/h7-9,19-26H,11H2,1-6H3/b18-9+/t19-,20-,21+,22+,23-,24+,25-,26+/m1/s1. The van der Waals surface area contributed by atoms with Crippen molar-refractivity contribution < 1.29 is 66.7 Å². The molecule has 224 valence electrons. The molecule has 1 aliphatic carbocycles. The van der Waals surface area contributed by atoms with Crippen molar-refractivity contribution in [3.05, 3.63) is 23.8 Å². The number of esters is 6. The van der Waals surface area contributed by atoms with Crippen molar-refractivity contribution in [1.82, 2.24) is 0 Å². The number of ether oxygens (including phenoxy) is 8. The third kappa shape index (κ3) is 9.69. The fraction of sp³-hybridized carbons (Fsp3) is 0.577. The average Bonchev–Trinajstić information content (AvgIpc) is 2.83. The topological polar surface area (TPSA) is 200 Å². The highest BCUT2D eigenvalue weighted by Gasteiger charge is 2.54. The van der Waals surface area contributed by atoms with Gasteiger partial charge in [0.1, 0.15) is 18.8 Å². The van der Waals surface area contributed by atoms with Gasteiger partial charge in [0.05, 0.1) is 6.07 Å². The third-order valence-electron chi connectivity index (χ3n) is 5.49. The highest BCUT2D eigenvalue weighted by molar-refractivity contribution is 5.69. The van der Waals surface area contributed by atoms with Crippen molar-refractivity contribution >= 4 is 35.8 Å². The number of nitriles is 1. The Bertz CT molecular complexity index is 1140. The molecule has 1 saturated heterocycles. The van der Waals surface area contributed by atoms with E-state index in [4.69, 9.17) is 37.9 Å². The molecule has 1 fully saturated rings. The molecule has 0 spiro atoms. The van der Waals surface area contributed by atoms with E-state index in [9.17, 15) is 34.0 Å². The second-order valence-electron chi connectivity index (χ2n) is 8.90. The monoisotopic (exact) mass is 581 g/mol. The Morgan fingerprint density at radius 3 is 1.78 bits per heavy atom. The molecule has 1 aliphatic heterocycles. The van der Waals surface area contributed by atoms with Crippen LogP contribution < -0.4 is 0 Å². The van der Waals surface area contributed by atoms with Gasteiger partial charge in [-0.15, -0.1) is 0 Å². The van der Waals surface area contributed by atoms with Crippen LogP contribution in [-0.4, -0.2) is 91.4 Å². The summed E-state index contributed by atoms with van der Waals surface area (Å²) in [6, 6.07) is 1.83. The van der Waals surface area contributed by atoms with E-state index in [1.807, 2.05) is 6.07 Å². The lowest BCUT2D eigenvalue weighted by molar-refractivity contribution is -0.320. The molecule has 1 heterocycles. The number of carbonyl (C=O) groups excluding carboxylic acids is 6. The SMILES string of the molecule is CC(=O)OC[C@H]1O[C@@H](O[C@H]2/C(=C/C#N)C=C[C@@H](OC(C)=O)[C@@H]2OC(C)=O)[C@H](OC(C)=O)[C@@H](OC(C)=O)[C@@H]1OC(C)=O. The fourth-order valence-electron chi connectivity index (χ4n) is 4.19. The normalized spacial score (nSPS) is 29.8. The van der Waals surface area contributed by atoms with Crippen molar-refractivity contribution in [2.24, 2.45) is 0 Å². The number of nitrogens with zero attached hydrogens (tertiary/aromatic N) is 1. The van der Waals surface area contributed by atoms with E-state index < -0.39 is 91.4 Å². The number of hydrogen-bond donors (Lipinski definition) is 0. The Balaban J connectivity index is 2.64. The molecule has 0 amide bonds. The second-order valence-corrected chi connectivity index (χ2v) is 8.90. The zero-order valence-electron chi connectivity index (χ0n) is 23.2. The Kier molecular flexibility index (Phi) is 12.0. The molecule has 41 heavy (non-hydrogen) atoms. The third-order valence-corrected chi connectivity index (χ3v) is 5.49. The summed E-state index contributed by atoms with van der Waals surface area (Å²) in [5, 5.41) is 9.35. The lowest BCUT2D eigenvalue weighted by Crippen LogP contribution is -2.64. The second kappa shape index (κ2) is 14.9. The Hall–Kier alpha value is -4.29. The summed E-state index contributed by atoms with van der Waals surface area (Å²) in [5.41, 5.74) is 0.148. The van der Waals surface area contributed by atoms with E-state index in [2.05, 4.69) is 0 Å². The first-order valence-electron chi connectivity index (χ1n) is 12.3. The molecule has 0 saturated carbocycles. The van der Waals surface area contributed by atoms with Crippen molar-refractivity contribution in [3.63, 3.8) is 0 Å². The minimum Gasteiger partial charge on any atom is -0.463 e. The van der Waals surface area contributed by atoms with Gasteiger partial charge in [0.2, 0.25) is 0 Å². The minimum absolute atomic E-state index is 0.148. The molecule has 15 nitrogen and oxygen atoms in total. The van der Waals surface area contributed by atoms with Crippen molar-refractivity contribution in [2.45, 2.75) is 90.6 Å². The minimum atomic E-state index is -1.66.